The van der Waals surface area contributed by atoms with Crippen molar-refractivity contribution in [3.63, 3.8) is 0 Å². The Hall–Kier alpha value is 0.350. The van der Waals surface area contributed by atoms with Gasteiger partial charge in [-0.3, -0.25) is 0 Å². The average Bonchev–Trinajstić information content (AvgIpc) is 1.99. The zero-order valence-corrected chi connectivity index (χ0v) is 10.6. The van der Waals surface area contributed by atoms with Gasteiger partial charge in [0.15, 0.2) is 0 Å². The SMILES string of the molecule is CCNS(=O)(=O)C(Br)CNC(C)C. The Morgan fingerprint density at radius 1 is 1.38 bits per heavy atom. The average molecular weight is 273 g/mol. The zero-order chi connectivity index (χ0) is 10.5. The first-order valence-electron chi connectivity index (χ1n) is 4.26. The predicted molar refractivity (Wildman–Crippen MR) is 58.5 cm³/mol. The van der Waals surface area contributed by atoms with Crippen molar-refractivity contribution in [1.82, 2.24) is 10.0 Å². The lowest BCUT2D eigenvalue weighted by Gasteiger charge is -2.14. The fraction of sp³-hybridized carbons (Fsp3) is 1.00. The summed E-state index contributed by atoms with van der Waals surface area (Å²) in [6.45, 7) is 6.53. The van der Waals surface area contributed by atoms with Gasteiger partial charge < -0.3 is 5.32 Å². The maximum absolute atomic E-state index is 11.3. The first-order chi connectivity index (χ1) is 5.90. The summed E-state index contributed by atoms with van der Waals surface area (Å²) in [4.78, 5) is 0. The van der Waals surface area contributed by atoms with Crippen molar-refractivity contribution in [2.75, 3.05) is 13.1 Å². The monoisotopic (exact) mass is 272 g/mol. The number of sulfonamides is 1. The number of hydrogen-bond acceptors (Lipinski definition) is 3. The Morgan fingerprint density at radius 3 is 2.31 bits per heavy atom. The summed E-state index contributed by atoms with van der Waals surface area (Å²) in [6, 6.07) is 0.289. The molecule has 0 saturated carbocycles. The third-order valence-electron chi connectivity index (χ3n) is 1.37. The highest BCUT2D eigenvalue weighted by molar-refractivity contribution is 9.11. The third kappa shape index (κ3) is 5.61. The first-order valence-corrected chi connectivity index (χ1v) is 6.72. The molecule has 0 aromatic rings. The van der Waals surface area contributed by atoms with Gasteiger partial charge in [-0.1, -0.05) is 36.7 Å². The van der Waals surface area contributed by atoms with Crippen LogP contribution in [0.25, 0.3) is 0 Å². The topological polar surface area (TPSA) is 58.2 Å². The Labute approximate surface area is 88.7 Å². The van der Waals surface area contributed by atoms with Gasteiger partial charge >= 0.3 is 0 Å². The molecule has 4 nitrogen and oxygen atoms in total. The highest BCUT2D eigenvalue weighted by Gasteiger charge is 2.20. The molecule has 0 aliphatic rings. The van der Waals surface area contributed by atoms with E-state index in [0.717, 1.165) is 0 Å². The van der Waals surface area contributed by atoms with E-state index in [-0.39, 0.29) is 6.04 Å². The van der Waals surface area contributed by atoms with Crippen LogP contribution in [0.5, 0.6) is 0 Å². The molecule has 0 aromatic heterocycles. The molecule has 1 unspecified atom stereocenters. The summed E-state index contributed by atoms with van der Waals surface area (Å²) in [5, 5.41) is 3.04. The molecule has 0 aliphatic heterocycles. The van der Waals surface area contributed by atoms with Gasteiger partial charge in [-0.2, -0.15) is 0 Å². The molecule has 0 radical (unpaired) electrons. The first kappa shape index (κ1) is 13.4. The largest absolute Gasteiger partial charge is 0.312 e. The van der Waals surface area contributed by atoms with Crippen molar-refractivity contribution in [2.24, 2.45) is 0 Å². The van der Waals surface area contributed by atoms with E-state index in [2.05, 4.69) is 26.0 Å². The van der Waals surface area contributed by atoms with E-state index in [1.165, 1.54) is 0 Å². The Balaban J connectivity index is 4.02. The molecule has 0 bridgehead atoms. The minimum Gasteiger partial charge on any atom is -0.312 e. The summed E-state index contributed by atoms with van der Waals surface area (Å²) in [5.74, 6) is 0. The Bertz CT molecular complexity index is 229. The van der Waals surface area contributed by atoms with Crippen molar-refractivity contribution in [3.05, 3.63) is 0 Å². The Morgan fingerprint density at radius 2 is 1.92 bits per heavy atom. The molecule has 80 valence electrons. The fourth-order valence-electron chi connectivity index (χ4n) is 0.730. The number of rotatable bonds is 6. The molecule has 0 heterocycles. The summed E-state index contributed by atoms with van der Waals surface area (Å²) in [5.41, 5.74) is 0. The molecule has 1 atom stereocenters. The molecule has 6 heteroatoms. The highest BCUT2D eigenvalue weighted by atomic mass is 79.9. The van der Waals surface area contributed by atoms with Crippen LogP contribution in [0.4, 0.5) is 0 Å². The van der Waals surface area contributed by atoms with Gasteiger partial charge in [0.1, 0.15) is 4.16 Å². The quantitative estimate of drug-likeness (QED) is 0.698. The van der Waals surface area contributed by atoms with Crippen molar-refractivity contribution in [1.29, 1.82) is 0 Å². The van der Waals surface area contributed by atoms with Crippen LogP contribution in [0.3, 0.4) is 0 Å². The molecule has 0 fully saturated rings. The number of alkyl halides is 1. The van der Waals surface area contributed by atoms with Crippen molar-refractivity contribution in [2.45, 2.75) is 31.0 Å². The molecule has 0 aliphatic carbocycles. The zero-order valence-electron chi connectivity index (χ0n) is 8.17. The van der Waals surface area contributed by atoms with Gasteiger partial charge in [-0.25, -0.2) is 13.1 Å². The van der Waals surface area contributed by atoms with E-state index in [0.29, 0.717) is 13.1 Å². The minimum atomic E-state index is -3.20. The molecule has 0 amide bonds. The molecular weight excluding hydrogens is 256 g/mol. The second-order valence-electron chi connectivity index (χ2n) is 3.02. The van der Waals surface area contributed by atoms with E-state index in [1.807, 2.05) is 13.8 Å². The molecule has 13 heavy (non-hydrogen) atoms. The van der Waals surface area contributed by atoms with E-state index in [9.17, 15) is 8.42 Å². The normalized spacial score (nSPS) is 14.8. The lowest BCUT2D eigenvalue weighted by molar-refractivity contribution is 0.563. The lowest BCUT2D eigenvalue weighted by atomic mass is 10.4. The van der Waals surface area contributed by atoms with E-state index in [1.54, 1.807) is 6.92 Å². The van der Waals surface area contributed by atoms with Gasteiger partial charge in [-0.05, 0) is 0 Å². The smallest absolute Gasteiger partial charge is 0.225 e. The number of hydrogen-bond donors (Lipinski definition) is 2. The van der Waals surface area contributed by atoms with Crippen LogP contribution in [-0.4, -0.2) is 31.7 Å². The van der Waals surface area contributed by atoms with Gasteiger partial charge in [-0.15, -0.1) is 0 Å². The van der Waals surface area contributed by atoms with Gasteiger partial charge in [0.2, 0.25) is 10.0 Å². The predicted octanol–water partition coefficient (Wildman–Crippen LogP) is 0.645. The fourth-order valence-corrected chi connectivity index (χ4v) is 2.21. The van der Waals surface area contributed by atoms with Gasteiger partial charge in [0.05, 0.1) is 0 Å². The van der Waals surface area contributed by atoms with Crippen LogP contribution in [-0.2, 0) is 10.0 Å². The minimum absolute atomic E-state index is 0.289. The molecular formula is C7H17BrN2O2S. The third-order valence-corrected chi connectivity index (χ3v) is 4.70. The summed E-state index contributed by atoms with van der Waals surface area (Å²) < 4.78 is 24.6. The number of nitrogens with one attached hydrogen (secondary N) is 2. The summed E-state index contributed by atoms with van der Waals surface area (Å²) in [6.07, 6.45) is 0. The van der Waals surface area contributed by atoms with Gasteiger partial charge in [0.25, 0.3) is 0 Å². The molecule has 2 N–H and O–H groups in total. The van der Waals surface area contributed by atoms with Crippen LogP contribution < -0.4 is 10.0 Å². The number of halogens is 1. The standard InChI is InChI=1S/C7H17BrN2O2S/c1-4-10-13(11,12)7(8)5-9-6(2)3/h6-7,9-10H,4-5H2,1-3H3. The van der Waals surface area contributed by atoms with Crippen LogP contribution in [0.15, 0.2) is 0 Å². The van der Waals surface area contributed by atoms with Crippen molar-refractivity contribution < 1.29 is 8.42 Å². The summed E-state index contributed by atoms with van der Waals surface area (Å²) >= 11 is 3.12. The van der Waals surface area contributed by atoms with E-state index in [4.69, 9.17) is 0 Å². The van der Waals surface area contributed by atoms with Crippen LogP contribution in [0, 0.1) is 0 Å². The van der Waals surface area contributed by atoms with Crippen molar-refractivity contribution in [3.8, 4) is 0 Å². The maximum atomic E-state index is 11.3. The summed E-state index contributed by atoms with van der Waals surface area (Å²) in [7, 11) is -3.20. The molecule has 0 aromatic carbocycles. The highest BCUT2D eigenvalue weighted by Crippen LogP contribution is 2.06. The van der Waals surface area contributed by atoms with Crippen molar-refractivity contribution >= 4 is 26.0 Å². The Kier molecular flexibility index (Phi) is 6.11. The van der Waals surface area contributed by atoms with E-state index < -0.39 is 14.2 Å². The van der Waals surface area contributed by atoms with Gasteiger partial charge in [0, 0.05) is 19.1 Å². The maximum Gasteiger partial charge on any atom is 0.225 e. The lowest BCUT2D eigenvalue weighted by Crippen LogP contribution is -2.39. The van der Waals surface area contributed by atoms with Crippen LogP contribution in [0.1, 0.15) is 20.8 Å². The van der Waals surface area contributed by atoms with E-state index >= 15 is 0 Å². The van der Waals surface area contributed by atoms with Crippen LogP contribution >= 0.6 is 15.9 Å². The molecule has 0 saturated heterocycles. The molecule has 0 spiro atoms. The second-order valence-corrected chi connectivity index (χ2v) is 6.68. The second kappa shape index (κ2) is 5.95. The molecule has 0 rings (SSSR count). The van der Waals surface area contributed by atoms with Crippen LogP contribution in [0.2, 0.25) is 0 Å².